The van der Waals surface area contributed by atoms with Crippen LogP contribution in [0.25, 0.3) is 11.0 Å². The number of nitrogens with zero attached hydrogens (tertiary/aromatic N) is 8. The molecule has 1 aromatic heterocycles. The predicted octanol–water partition coefficient (Wildman–Crippen LogP) is 1.64. The summed E-state index contributed by atoms with van der Waals surface area (Å²) in [5.41, 5.74) is 9.83. The summed E-state index contributed by atoms with van der Waals surface area (Å²) < 4.78 is 4.98. The van der Waals surface area contributed by atoms with Gasteiger partial charge in [0.05, 0.1) is 44.2 Å². The zero-order valence-corrected chi connectivity index (χ0v) is 73.6. The van der Waals surface area contributed by atoms with E-state index in [0.29, 0.717) is 92.8 Å². The first-order chi connectivity index (χ1) is 59.3. The lowest BCUT2D eigenvalue weighted by molar-refractivity contribution is -0.144. The van der Waals surface area contributed by atoms with Gasteiger partial charge in [0.2, 0.25) is 65.0 Å². The molecular formula is C87H136N22O14. The van der Waals surface area contributed by atoms with Crippen LogP contribution in [-0.2, 0) is 81.8 Å². The van der Waals surface area contributed by atoms with Crippen molar-refractivity contribution in [3.8, 4) is 0 Å². The molecule has 3 aromatic carbocycles. The van der Waals surface area contributed by atoms with Crippen LogP contribution < -0.4 is 69.5 Å². The number of unbranched alkanes of at least 4 members (excludes halogenated alkanes) is 4. The highest BCUT2D eigenvalue weighted by molar-refractivity contribution is 5.99. The molecule has 36 nitrogen and oxygen atoms in total. The van der Waals surface area contributed by atoms with Crippen LogP contribution in [0.15, 0.2) is 77.8 Å². The number of imidazole rings is 1. The molecular weight excluding hydrogens is 1580 g/mol. The number of nitrogens with two attached hydrogens (primary N) is 1. The number of benzene rings is 3. The molecule has 678 valence electrons. The third-order valence-corrected chi connectivity index (χ3v) is 22.6. The molecule has 4 heterocycles. The van der Waals surface area contributed by atoms with E-state index in [2.05, 4.69) is 119 Å². The molecule has 36 heteroatoms. The molecule has 123 heavy (non-hydrogen) atoms. The molecule has 3 aliphatic heterocycles. The summed E-state index contributed by atoms with van der Waals surface area (Å²) >= 11 is 0. The molecule has 0 spiro atoms. The second kappa shape index (κ2) is 53.2. The van der Waals surface area contributed by atoms with Gasteiger partial charge in [-0.05, 0) is 132 Å². The van der Waals surface area contributed by atoms with Crippen molar-refractivity contribution in [3.63, 3.8) is 0 Å². The van der Waals surface area contributed by atoms with Crippen molar-refractivity contribution in [2.24, 2.45) is 10.7 Å². The summed E-state index contributed by atoms with van der Waals surface area (Å²) in [7, 11) is 4.44. The molecule has 0 unspecified atom stereocenters. The first-order valence-electron chi connectivity index (χ1n) is 44.1. The quantitative estimate of drug-likeness (QED) is 0.0130. The van der Waals surface area contributed by atoms with Crippen molar-refractivity contribution in [2.45, 2.75) is 219 Å². The highest BCUT2D eigenvalue weighted by atomic mass is 16.5. The van der Waals surface area contributed by atoms with Gasteiger partial charge in [0, 0.05) is 123 Å². The maximum atomic E-state index is 14.7. The van der Waals surface area contributed by atoms with E-state index in [1.807, 2.05) is 38.1 Å². The minimum atomic E-state index is -1.29. The second-order valence-corrected chi connectivity index (χ2v) is 31.8. The Bertz CT molecular complexity index is 4080. The molecule has 0 radical (unpaired) electrons. The summed E-state index contributed by atoms with van der Waals surface area (Å²) in [5.74, 6) is -6.47. The number of aromatic amines is 1. The van der Waals surface area contributed by atoms with Gasteiger partial charge in [-0.15, -0.1) is 0 Å². The van der Waals surface area contributed by atoms with E-state index in [9.17, 15) is 62.3 Å². The number of esters is 1. The number of ether oxygens (including phenoxy) is 1. The van der Waals surface area contributed by atoms with Crippen molar-refractivity contribution in [3.05, 3.63) is 95.3 Å². The first-order valence-corrected chi connectivity index (χ1v) is 44.1. The van der Waals surface area contributed by atoms with Gasteiger partial charge in [0.15, 0.2) is 5.96 Å². The second-order valence-electron chi connectivity index (χ2n) is 31.8. The molecule has 3 aliphatic rings. The fraction of sp³-hybridized carbons (Fsp3) is 0.621. The standard InChI is InChI=1S/C87H136N22O14/c1-10-28-66(98-76(112)58-108-50-48-106(14-5)46-44-105(13-4)45-47-107(15-6)49-51-108)81(117)99-67(29-11-2)82(118)102-70(78(114)91-41-24-16-17-26-43-109-56-61-53-60(36-37-63(61)94-72(86(109)122)54-77(113)123-9)85(121)104(8)57-73-95-64-32-21-22-33-65(64)96-73)38-39-74(110)90-40-25-23-34-69-83(119)100-68(35-27-42-92-87(88)89-7)79(115)93-55-75(111)97-62(12-3)80(116)103-71(84(120)101-69)52-59-30-19-18-20-31-59/h18-22,30-33,36-37,53,62,66-72,94H,10-17,23-29,34-35,38-52,54-58H2,1-9H3,(H,90,110)(H,91,114)(H,93,115)(H,95,96)(H,97,111)(H,98,112)(H,99,117)(H,100,119)(H,101,120)(H,102,118)(H,103,116)(H3,88,89,92)/t62-,66-,67-,68-,69-,70+,71+,72-/m0/s1. The maximum Gasteiger partial charge on any atom is 0.308 e. The van der Waals surface area contributed by atoms with Crippen molar-refractivity contribution in [2.75, 3.05) is 138 Å². The first kappa shape index (κ1) is 99.3. The number of fused-ring (bicyclic) bond motifs is 2. The number of carbonyl (C=O) groups excluding carboxylic acids is 13. The number of hydrogen-bond donors (Lipinski definition) is 14. The molecule has 0 saturated carbocycles. The van der Waals surface area contributed by atoms with Gasteiger partial charge in [0.1, 0.15) is 54.2 Å². The van der Waals surface area contributed by atoms with Crippen molar-refractivity contribution < 1.29 is 67.1 Å². The molecule has 8 atom stereocenters. The number of anilines is 1. The number of nitrogens with one attached hydrogen (secondary N) is 13. The van der Waals surface area contributed by atoms with Gasteiger partial charge in [-0.2, -0.15) is 0 Å². The lowest BCUT2D eigenvalue weighted by Crippen LogP contribution is -2.58. The fourth-order valence-corrected chi connectivity index (χ4v) is 15.1. The van der Waals surface area contributed by atoms with E-state index < -0.39 is 114 Å². The molecule has 0 bridgehead atoms. The average molecular weight is 1710 g/mol. The van der Waals surface area contributed by atoms with Gasteiger partial charge in [-0.25, -0.2) is 4.98 Å². The smallest absolute Gasteiger partial charge is 0.308 e. The van der Waals surface area contributed by atoms with Gasteiger partial charge in [-0.1, -0.05) is 110 Å². The summed E-state index contributed by atoms with van der Waals surface area (Å²) in [4.78, 5) is 207. The lowest BCUT2D eigenvalue weighted by atomic mass is 10.0. The molecule has 7 rings (SSSR count). The number of para-hydroxylation sites is 2. The van der Waals surface area contributed by atoms with Crippen LogP contribution in [0.2, 0.25) is 0 Å². The highest BCUT2D eigenvalue weighted by Gasteiger charge is 2.36. The number of carbonyl (C=O) groups is 13. The number of hydrogen-bond acceptors (Lipinski definition) is 21. The van der Waals surface area contributed by atoms with E-state index in [4.69, 9.17) is 10.5 Å². The number of H-pyrrole nitrogens is 1. The Labute approximate surface area is 723 Å². The third-order valence-electron chi connectivity index (χ3n) is 22.6. The van der Waals surface area contributed by atoms with Gasteiger partial charge < -0.3 is 104 Å². The topological polar surface area (TPSA) is 462 Å². The summed E-state index contributed by atoms with van der Waals surface area (Å²) in [6.45, 7) is 21.8. The van der Waals surface area contributed by atoms with Crippen LogP contribution in [0.5, 0.6) is 0 Å². The minimum Gasteiger partial charge on any atom is -0.469 e. The Morgan fingerprint density at radius 1 is 0.577 bits per heavy atom. The SMILES string of the molecule is CCC[C@H](NC(=O)CN1CCN(CC)CCN(CC)CCN(CC)CC1)C(=O)N[C@@H](CCC)C(=O)N[C@H](CCC(=O)NCCCC[C@@H]1NC(=O)[C@@H](Cc2ccccc2)NC(=O)[C@H](CC)NC(=O)CNC(=O)[C@H](CCCNC(N)=NC)NC1=O)C(=O)NCCCCCCN1Cc2cc(C(=O)N(C)Cc3nc4ccccc4[nH]3)ccc2N[C@@H](CC(=O)OC)C1=O. The zero-order valence-electron chi connectivity index (χ0n) is 73.6. The Hall–Kier alpha value is -10.9. The Kier molecular flexibility index (Phi) is 43.0. The summed E-state index contributed by atoms with van der Waals surface area (Å²) in [6.07, 6.45) is 4.03. The summed E-state index contributed by atoms with van der Waals surface area (Å²) in [5, 5.41) is 34.3. The van der Waals surface area contributed by atoms with E-state index >= 15 is 0 Å². The van der Waals surface area contributed by atoms with Crippen LogP contribution in [-0.4, -0.2) is 303 Å². The van der Waals surface area contributed by atoms with Gasteiger partial charge >= 0.3 is 5.97 Å². The number of aromatic nitrogens is 2. The lowest BCUT2D eigenvalue weighted by Gasteiger charge is -2.33. The highest BCUT2D eigenvalue weighted by Crippen LogP contribution is 2.28. The van der Waals surface area contributed by atoms with Crippen molar-refractivity contribution >= 4 is 99.5 Å². The van der Waals surface area contributed by atoms with E-state index in [1.54, 1.807) is 72.3 Å². The average Bonchev–Trinajstić information content (AvgIpc) is 1.69. The largest absolute Gasteiger partial charge is 0.469 e. The number of methoxy groups -OCH3 is 1. The van der Waals surface area contributed by atoms with Crippen molar-refractivity contribution in [1.82, 2.24) is 97.9 Å². The molecule has 0 aliphatic carbocycles. The van der Waals surface area contributed by atoms with Crippen LogP contribution in [0.3, 0.4) is 0 Å². The van der Waals surface area contributed by atoms with E-state index in [0.717, 1.165) is 69.9 Å². The zero-order chi connectivity index (χ0) is 89.2. The predicted molar refractivity (Wildman–Crippen MR) is 470 cm³/mol. The Morgan fingerprint density at radius 3 is 1.76 bits per heavy atom. The monoisotopic (exact) mass is 1710 g/mol. The van der Waals surface area contributed by atoms with Crippen LogP contribution in [0, 0.1) is 0 Å². The van der Waals surface area contributed by atoms with Gasteiger partial charge in [0.25, 0.3) is 5.91 Å². The van der Waals surface area contributed by atoms with E-state index in [1.165, 1.54) is 14.2 Å². The fourth-order valence-electron chi connectivity index (χ4n) is 15.1. The number of aliphatic imine (C=N–C) groups is 1. The molecule has 4 aromatic rings. The van der Waals surface area contributed by atoms with E-state index in [-0.39, 0.29) is 134 Å². The Morgan fingerprint density at radius 2 is 1.14 bits per heavy atom. The maximum absolute atomic E-state index is 14.7. The number of rotatable bonds is 42. The number of guanidine groups is 1. The molecule has 2 saturated heterocycles. The number of amides is 12. The minimum absolute atomic E-state index is 0.000574. The molecule has 2 fully saturated rings. The van der Waals surface area contributed by atoms with Crippen molar-refractivity contribution in [1.29, 1.82) is 0 Å². The molecule has 12 amide bonds. The normalized spacial score (nSPS) is 19.3. The van der Waals surface area contributed by atoms with Crippen LogP contribution >= 0.6 is 0 Å². The third kappa shape index (κ3) is 33.7. The Balaban J connectivity index is 1.02. The van der Waals surface area contributed by atoms with Crippen LogP contribution in [0.4, 0.5) is 5.69 Å². The van der Waals surface area contributed by atoms with Crippen LogP contribution in [0.1, 0.15) is 178 Å². The number of likely N-dealkylation sites (N-methyl/N-ethyl adjacent to an activating group) is 3. The van der Waals surface area contributed by atoms with Gasteiger partial charge in [-0.3, -0.25) is 72.2 Å². The summed E-state index contributed by atoms with van der Waals surface area (Å²) in [6, 6.07) is 12.6. The molecule has 15 N–H and O–H groups in total.